The molecule has 1 aromatic carbocycles. The molecule has 0 aliphatic carbocycles. The number of aromatic nitrogens is 2. The van der Waals surface area contributed by atoms with Crippen molar-refractivity contribution >= 4 is 23.3 Å². The second-order valence-corrected chi connectivity index (χ2v) is 10.6. The lowest BCUT2D eigenvalue weighted by Gasteiger charge is -2.36. The summed E-state index contributed by atoms with van der Waals surface area (Å²) in [5.41, 5.74) is 3.12. The topological polar surface area (TPSA) is 88.8 Å². The molecule has 1 atom stereocenters. The van der Waals surface area contributed by atoms with Crippen LogP contribution >= 0.6 is 11.6 Å². The van der Waals surface area contributed by atoms with E-state index in [1.54, 1.807) is 24.3 Å². The Morgan fingerprint density at radius 1 is 1.26 bits per heavy atom. The lowest BCUT2D eigenvalue weighted by Crippen LogP contribution is -2.49. The zero-order chi connectivity index (χ0) is 26.9. The Kier molecular flexibility index (Phi) is 7.72. The van der Waals surface area contributed by atoms with Crippen molar-refractivity contribution in [3.05, 3.63) is 70.4 Å². The number of ether oxygens (including phenoxy) is 2. The van der Waals surface area contributed by atoms with Crippen LogP contribution in [-0.4, -0.2) is 64.0 Å². The second-order valence-electron chi connectivity index (χ2n) is 10.2. The Morgan fingerprint density at radius 2 is 2.05 bits per heavy atom. The van der Waals surface area contributed by atoms with Gasteiger partial charge in [0.2, 0.25) is 0 Å². The summed E-state index contributed by atoms with van der Waals surface area (Å²) in [4.78, 5) is 19.9. The molecule has 1 saturated heterocycles. The Labute approximate surface area is 226 Å². The van der Waals surface area contributed by atoms with Gasteiger partial charge in [-0.15, -0.1) is 0 Å². The van der Waals surface area contributed by atoms with Gasteiger partial charge in [0.15, 0.2) is 0 Å². The number of aliphatic hydroxyl groups is 1. The van der Waals surface area contributed by atoms with E-state index in [9.17, 15) is 14.3 Å². The van der Waals surface area contributed by atoms with Crippen LogP contribution in [0.25, 0.3) is 11.1 Å². The van der Waals surface area contributed by atoms with Gasteiger partial charge in [-0.05, 0) is 55.2 Å². The standard InChI is InChI=1S/C28H32ClFN4O4/c1-28(5-7-38-8-6-28)32-26-11-23(24(29)12-31-26)20-10-25-27(36)34(22(17-37-2)15-33(25)13-20)14-19-9-21(30)4-3-18(19)16-35/h3-4,9-13,22,35H,5-8,14-17H2,1-2H3,(H,31,32). The van der Waals surface area contributed by atoms with Gasteiger partial charge in [0, 0.05) is 62.5 Å². The summed E-state index contributed by atoms with van der Waals surface area (Å²) < 4.78 is 26.9. The summed E-state index contributed by atoms with van der Waals surface area (Å²) in [6.45, 7) is 4.30. The van der Waals surface area contributed by atoms with Gasteiger partial charge in [0.05, 0.1) is 24.3 Å². The Hall–Kier alpha value is -2.98. The molecule has 2 aliphatic rings. The SMILES string of the molecule is COCC1Cn2cc(-c3cc(NC4(C)CCOCC4)ncc3Cl)cc2C(=O)N1Cc1cc(F)ccc1CO. The average Bonchev–Trinajstić information content (AvgIpc) is 3.32. The molecule has 38 heavy (non-hydrogen) atoms. The van der Waals surface area contributed by atoms with E-state index in [1.165, 1.54) is 12.1 Å². The molecule has 0 saturated carbocycles. The molecule has 2 aromatic heterocycles. The summed E-state index contributed by atoms with van der Waals surface area (Å²) in [5.74, 6) is 0.101. The lowest BCUT2D eigenvalue weighted by molar-refractivity contribution is 0.0386. The lowest BCUT2D eigenvalue weighted by atomic mass is 9.92. The van der Waals surface area contributed by atoms with Crippen LogP contribution in [0.4, 0.5) is 10.2 Å². The smallest absolute Gasteiger partial charge is 0.271 e. The van der Waals surface area contributed by atoms with Crippen molar-refractivity contribution in [3.63, 3.8) is 0 Å². The minimum Gasteiger partial charge on any atom is -0.392 e. The van der Waals surface area contributed by atoms with Crippen molar-refractivity contribution in [1.29, 1.82) is 0 Å². The summed E-state index contributed by atoms with van der Waals surface area (Å²) >= 11 is 6.58. The molecular formula is C28H32ClFN4O4. The van der Waals surface area contributed by atoms with Crippen molar-refractivity contribution in [2.75, 3.05) is 32.2 Å². The van der Waals surface area contributed by atoms with Crippen LogP contribution in [0.3, 0.4) is 0 Å². The zero-order valence-corrected chi connectivity index (χ0v) is 22.3. The number of aliphatic hydroxyl groups excluding tert-OH is 1. The minimum atomic E-state index is -0.415. The highest BCUT2D eigenvalue weighted by Gasteiger charge is 2.34. The molecule has 0 bridgehead atoms. The number of nitrogens with zero attached hydrogens (tertiary/aromatic N) is 3. The third-order valence-electron chi connectivity index (χ3n) is 7.46. The van der Waals surface area contributed by atoms with Crippen LogP contribution in [0.1, 0.15) is 41.4 Å². The van der Waals surface area contributed by atoms with Crippen molar-refractivity contribution in [1.82, 2.24) is 14.5 Å². The van der Waals surface area contributed by atoms with Crippen LogP contribution < -0.4 is 5.32 Å². The van der Waals surface area contributed by atoms with Crippen molar-refractivity contribution in [2.45, 2.75) is 51.0 Å². The fourth-order valence-corrected chi connectivity index (χ4v) is 5.44. The second kappa shape index (κ2) is 11.0. The van der Waals surface area contributed by atoms with E-state index in [4.69, 9.17) is 21.1 Å². The van der Waals surface area contributed by atoms with E-state index < -0.39 is 5.82 Å². The normalized spacial score (nSPS) is 18.9. The molecule has 8 nitrogen and oxygen atoms in total. The van der Waals surface area contributed by atoms with Gasteiger partial charge in [-0.25, -0.2) is 9.37 Å². The largest absolute Gasteiger partial charge is 0.392 e. The van der Waals surface area contributed by atoms with Gasteiger partial charge in [-0.2, -0.15) is 0 Å². The number of fused-ring (bicyclic) bond motifs is 1. The molecule has 5 rings (SSSR count). The van der Waals surface area contributed by atoms with Crippen molar-refractivity contribution < 1.29 is 23.8 Å². The highest BCUT2D eigenvalue weighted by Crippen LogP contribution is 2.35. The number of halogens is 2. The fourth-order valence-electron chi connectivity index (χ4n) is 5.23. The van der Waals surface area contributed by atoms with Gasteiger partial charge < -0.3 is 29.4 Å². The third kappa shape index (κ3) is 5.42. The molecule has 1 amide bonds. The Bertz CT molecular complexity index is 1320. The van der Waals surface area contributed by atoms with E-state index in [1.807, 2.05) is 22.9 Å². The molecule has 202 valence electrons. The van der Waals surface area contributed by atoms with E-state index in [0.29, 0.717) is 54.0 Å². The van der Waals surface area contributed by atoms with Gasteiger partial charge in [0.25, 0.3) is 5.91 Å². The molecule has 10 heteroatoms. The predicted octanol–water partition coefficient (Wildman–Crippen LogP) is 4.49. The maximum atomic E-state index is 14.0. The van der Waals surface area contributed by atoms with Crippen LogP contribution in [-0.2, 0) is 29.2 Å². The summed E-state index contributed by atoms with van der Waals surface area (Å²) in [5, 5.41) is 13.8. The first-order valence-corrected chi connectivity index (χ1v) is 13.1. The maximum absolute atomic E-state index is 14.0. The average molecular weight is 543 g/mol. The van der Waals surface area contributed by atoms with E-state index >= 15 is 0 Å². The molecule has 1 fully saturated rings. The first-order chi connectivity index (χ1) is 18.3. The minimum absolute atomic E-state index is 0.121. The summed E-state index contributed by atoms with van der Waals surface area (Å²) in [6, 6.07) is 7.70. The van der Waals surface area contributed by atoms with E-state index in [-0.39, 0.29) is 30.6 Å². The molecule has 0 spiro atoms. The van der Waals surface area contributed by atoms with Crippen LogP contribution in [0.2, 0.25) is 5.02 Å². The molecule has 1 unspecified atom stereocenters. The molecular weight excluding hydrogens is 511 g/mol. The highest BCUT2D eigenvalue weighted by molar-refractivity contribution is 6.33. The Morgan fingerprint density at radius 3 is 2.79 bits per heavy atom. The van der Waals surface area contributed by atoms with Crippen LogP contribution in [0, 0.1) is 5.82 Å². The van der Waals surface area contributed by atoms with Crippen LogP contribution in [0.15, 0.2) is 42.7 Å². The van der Waals surface area contributed by atoms with Crippen LogP contribution in [0.5, 0.6) is 0 Å². The van der Waals surface area contributed by atoms with Crippen molar-refractivity contribution in [3.8, 4) is 11.1 Å². The number of methoxy groups -OCH3 is 1. The molecule has 2 aliphatic heterocycles. The number of hydrogen-bond acceptors (Lipinski definition) is 6. The first-order valence-electron chi connectivity index (χ1n) is 12.7. The maximum Gasteiger partial charge on any atom is 0.271 e. The monoisotopic (exact) mass is 542 g/mol. The van der Waals surface area contributed by atoms with Gasteiger partial charge >= 0.3 is 0 Å². The number of benzene rings is 1. The Balaban J connectivity index is 1.45. The number of nitrogens with one attached hydrogen (secondary N) is 1. The van der Waals surface area contributed by atoms with Gasteiger partial charge in [0.1, 0.15) is 17.3 Å². The number of hydrogen-bond donors (Lipinski definition) is 2. The van der Waals surface area contributed by atoms with Gasteiger partial charge in [-0.1, -0.05) is 17.7 Å². The molecule has 3 aromatic rings. The third-order valence-corrected chi connectivity index (χ3v) is 7.76. The number of amides is 1. The summed E-state index contributed by atoms with van der Waals surface area (Å²) in [6.07, 6.45) is 5.31. The number of carbonyl (C=O) groups excluding carboxylic acids is 1. The number of anilines is 1. The van der Waals surface area contributed by atoms with E-state index in [2.05, 4.69) is 17.2 Å². The molecule has 2 N–H and O–H groups in total. The number of rotatable bonds is 8. The highest BCUT2D eigenvalue weighted by atomic mass is 35.5. The first kappa shape index (κ1) is 26.6. The van der Waals surface area contributed by atoms with Crippen molar-refractivity contribution in [2.24, 2.45) is 0 Å². The van der Waals surface area contributed by atoms with E-state index in [0.717, 1.165) is 24.0 Å². The quantitative estimate of drug-likeness (QED) is 0.436. The molecule has 4 heterocycles. The zero-order valence-electron chi connectivity index (χ0n) is 21.5. The number of carbonyl (C=O) groups is 1. The predicted molar refractivity (Wildman–Crippen MR) is 143 cm³/mol. The fraction of sp³-hybridized carbons (Fsp3) is 0.429. The summed E-state index contributed by atoms with van der Waals surface area (Å²) in [7, 11) is 1.59. The number of pyridine rings is 1. The van der Waals surface area contributed by atoms with Gasteiger partial charge in [-0.3, -0.25) is 4.79 Å². The molecule has 0 radical (unpaired) electrons.